The first-order valence-corrected chi connectivity index (χ1v) is 10.1. The van der Waals surface area contributed by atoms with Crippen LogP contribution in [0.2, 0.25) is 0 Å². The zero-order chi connectivity index (χ0) is 19.1. The van der Waals surface area contributed by atoms with Crippen LogP contribution >= 0.6 is 0 Å². The van der Waals surface area contributed by atoms with E-state index in [-0.39, 0.29) is 23.3 Å². The zero-order valence-corrected chi connectivity index (χ0v) is 16.0. The van der Waals surface area contributed by atoms with Crippen LogP contribution in [0.15, 0.2) is 24.3 Å². The molecule has 0 bridgehead atoms. The molecule has 2 fully saturated rings. The predicted molar refractivity (Wildman–Crippen MR) is 106 cm³/mol. The Kier molecular flexibility index (Phi) is 6.85. The van der Waals surface area contributed by atoms with Crippen molar-refractivity contribution >= 4 is 17.5 Å². The molecule has 148 valence electrons. The standard InChI is InChI=1S/C21H31N3O3/c22-15-21(10-2-1-3-11-21)14-19(25)23-17-6-4-16(5-7-17)20(26)24-18-8-12-27-13-9-18/h4-7,18H,1-3,8-15,22H2,(H,23,25)(H,24,26). The van der Waals surface area contributed by atoms with Crippen LogP contribution in [0, 0.1) is 5.41 Å². The van der Waals surface area contributed by atoms with E-state index in [1.807, 2.05) is 0 Å². The lowest BCUT2D eigenvalue weighted by Gasteiger charge is -2.35. The van der Waals surface area contributed by atoms with Crippen LogP contribution in [0.3, 0.4) is 0 Å². The number of carbonyl (C=O) groups is 2. The molecule has 0 unspecified atom stereocenters. The Labute approximate surface area is 161 Å². The first kappa shape index (κ1) is 19.8. The highest BCUT2D eigenvalue weighted by molar-refractivity contribution is 5.96. The number of carbonyl (C=O) groups excluding carboxylic acids is 2. The maximum Gasteiger partial charge on any atom is 0.251 e. The van der Waals surface area contributed by atoms with Crippen molar-refractivity contribution in [2.45, 2.75) is 57.4 Å². The summed E-state index contributed by atoms with van der Waals surface area (Å²) in [5.74, 6) is -0.0779. The van der Waals surface area contributed by atoms with Gasteiger partial charge in [-0.15, -0.1) is 0 Å². The number of ether oxygens (including phenoxy) is 1. The molecule has 0 spiro atoms. The smallest absolute Gasteiger partial charge is 0.251 e. The van der Waals surface area contributed by atoms with Crippen molar-refractivity contribution in [2.24, 2.45) is 11.1 Å². The molecular formula is C21H31N3O3. The summed E-state index contributed by atoms with van der Waals surface area (Å²) < 4.78 is 5.31. The Morgan fingerprint density at radius 1 is 1.07 bits per heavy atom. The van der Waals surface area contributed by atoms with Gasteiger partial charge in [-0.3, -0.25) is 9.59 Å². The third-order valence-corrected chi connectivity index (χ3v) is 5.87. The molecule has 1 aliphatic heterocycles. The van der Waals surface area contributed by atoms with Crippen molar-refractivity contribution in [3.05, 3.63) is 29.8 Å². The Balaban J connectivity index is 1.52. The number of hydrogen-bond acceptors (Lipinski definition) is 4. The van der Waals surface area contributed by atoms with Gasteiger partial charge < -0.3 is 21.1 Å². The van der Waals surface area contributed by atoms with Gasteiger partial charge in [-0.05, 0) is 61.9 Å². The van der Waals surface area contributed by atoms with E-state index in [1.165, 1.54) is 6.42 Å². The summed E-state index contributed by atoms with van der Waals surface area (Å²) in [7, 11) is 0. The fourth-order valence-electron chi connectivity index (χ4n) is 4.12. The first-order chi connectivity index (χ1) is 13.1. The Morgan fingerprint density at radius 3 is 2.37 bits per heavy atom. The van der Waals surface area contributed by atoms with Gasteiger partial charge in [0.15, 0.2) is 0 Å². The number of anilines is 1. The molecule has 0 aromatic heterocycles. The molecule has 1 heterocycles. The van der Waals surface area contributed by atoms with Crippen molar-refractivity contribution in [3.8, 4) is 0 Å². The summed E-state index contributed by atoms with van der Waals surface area (Å²) in [4.78, 5) is 24.8. The normalized spacial score (nSPS) is 20.0. The van der Waals surface area contributed by atoms with Crippen LogP contribution in [0.4, 0.5) is 5.69 Å². The summed E-state index contributed by atoms with van der Waals surface area (Å²) in [6.07, 6.45) is 7.77. The topological polar surface area (TPSA) is 93.5 Å². The minimum Gasteiger partial charge on any atom is -0.381 e. The van der Waals surface area contributed by atoms with Gasteiger partial charge in [-0.1, -0.05) is 19.3 Å². The molecule has 3 rings (SSSR count). The minimum atomic E-state index is -0.0796. The third-order valence-electron chi connectivity index (χ3n) is 5.87. The van der Waals surface area contributed by atoms with Crippen molar-refractivity contribution < 1.29 is 14.3 Å². The van der Waals surface area contributed by atoms with Gasteiger partial charge >= 0.3 is 0 Å². The molecule has 2 amide bonds. The largest absolute Gasteiger partial charge is 0.381 e. The highest BCUT2D eigenvalue weighted by Crippen LogP contribution is 2.38. The third kappa shape index (κ3) is 5.53. The number of nitrogens with two attached hydrogens (primary N) is 1. The highest BCUT2D eigenvalue weighted by atomic mass is 16.5. The van der Waals surface area contributed by atoms with Gasteiger partial charge in [0, 0.05) is 36.9 Å². The summed E-state index contributed by atoms with van der Waals surface area (Å²) in [5.41, 5.74) is 7.24. The molecule has 27 heavy (non-hydrogen) atoms. The van der Waals surface area contributed by atoms with Gasteiger partial charge in [-0.2, -0.15) is 0 Å². The molecule has 0 radical (unpaired) electrons. The second kappa shape index (κ2) is 9.33. The van der Waals surface area contributed by atoms with Crippen molar-refractivity contribution in [1.29, 1.82) is 0 Å². The van der Waals surface area contributed by atoms with Crippen LogP contribution in [0.5, 0.6) is 0 Å². The van der Waals surface area contributed by atoms with E-state index in [0.717, 1.165) is 38.5 Å². The zero-order valence-electron chi connectivity index (χ0n) is 16.0. The second-order valence-electron chi connectivity index (χ2n) is 7.93. The van der Waals surface area contributed by atoms with Crippen LogP contribution in [0.25, 0.3) is 0 Å². The average molecular weight is 373 g/mol. The lowest BCUT2D eigenvalue weighted by atomic mass is 9.71. The Bertz CT molecular complexity index is 633. The average Bonchev–Trinajstić information content (AvgIpc) is 2.70. The molecule has 1 aliphatic carbocycles. The van der Waals surface area contributed by atoms with Gasteiger partial charge in [0.2, 0.25) is 5.91 Å². The molecule has 4 N–H and O–H groups in total. The Morgan fingerprint density at radius 2 is 1.74 bits per heavy atom. The SMILES string of the molecule is NCC1(CC(=O)Nc2ccc(C(=O)NC3CCOCC3)cc2)CCCCC1. The highest BCUT2D eigenvalue weighted by Gasteiger charge is 2.32. The van der Waals surface area contributed by atoms with E-state index < -0.39 is 0 Å². The minimum absolute atomic E-state index is 0.00163. The monoisotopic (exact) mass is 373 g/mol. The molecule has 1 saturated carbocycles. The van der Waals surface area contributed by atoms with Crippen LogP contribution < -0.4 is 16.4 Å². The first-order valence-electron chi connectivity index (χ1n) is 10.1. The number of nitrogens with one attached hydrogen (secondary N) is 2. The second-order valence-corrected chi connectivity index (χ2v) is 7.93. The van der Waals surface area contributed by atoms with Crippen LogP contribution in [0.1, 0.15) is 61.7 Å². The van der Waals surface area contributed by atoms with E-state index in [0.29, 0.717) is 37.4 Å². The Hall–Kier alpha value is -1.92. The van der Waals surface area contributed by atoms with Gasteiger partial charge in [0.1, 0.15) is 0 Å². The van der Waals surface area contributed by atoms with Gasteiger partial charge in [-0.25, -0.2) is 0 Å². The van der Waals surface area contributed by atoms with Crippen LogP contribution in [-0.2, 0) is 9.53 Å². The summed E-state index contributed by atoms with van der Waals surface area (Å²) in [5, 5.41) is 6.00. The van der Waals surface area contributed by atoms with Crippen molar-refractivity contribution in [3.63, 3.8) is 0 Å². The molecule has 2 aliphatic rings. The van der Waals surface area contributed by atoms with E-state index in [4.69, 9.17) is 10.5 Å². The van der Waals surface area contributed by atoms with Crippen molar-refractivity contribution in [2.75, 3.05) is 25.1 Å². The van der Waals surface area contributed by atoms with E-state index in [9.17, 15) is 9.59 Å². The van der Waals surface area contributed by atoms with Crippen LogP contribution in [-0.4, -0.2) is 37.6 Å². The summed E-state index contributed by atoms with van der Waals surface area (Å²) >= 11 is 0. The van der Waals surface area contributed by atoms with Gasteiger partial charge in [0.25, 0.3) is 5.91 Å². The maximum absolute atomic E-state index is 12.5. The lowest BCUT2D eigenvalue weighted by Crippen LogP contribution is -2.38. The number of benzene rings is 1. The number of rotatable bonds is 6. The van der Waals surface area contributed by atoms with E-state index in [2.05, 4.69) is 10.6 Å². The number of hydrogen-bond donors (Lipinski definition) is 3. The fourth-order valence-corrected chi connectivity index (χ4v) is 4.12. The maximum atomic E-state index is 12.5. The van der Waals surface area contributed by atoms with E-state index in [1.54, 1.807) is 24.3 Å². The quantitative estimate of drug-likeness (QED) is 0.715. The fraction of sp³-hybridized carbons (Fsp3) is 0.619. The molecular weight excluding hydrogens is 342 g/mol. The molecule has 1 saturated heterocycles. The molecule has 1 aromatic carbocycles. The van der Waals surface area contributed by atoms with Gasteiger partial charge in [0.05, 0.1) is 0 Å². The van der Waals surface area contributed by atoms with E-state index >= 15 is 0 Å². The molecule has 6 nitrogen and oxygen atoms in total. The lowest BCUT2D eigenvalue weighted by molar-refractivity contribution is -0.118. The molecule has 6 heteroatoms. The van der Waals surface area contributed by atoms with Crippen molar-refractivity contribution in [1.82, 2.24) is 5.32 Å². The summed E-state index contributed by atoms with van der Waals surface area (Å²) in [6.45, 7) is 1.95. The molecule has 1 aromatic rings. The molecule has 0 atom stereocenters. The predicted octanol–water partition coefficient (Wildman–Crippen LogP) is 2.83. The number of amides is 2. The summed E-state index contributed by atoms with van der Waals surface area (Å²) in [6, 6.07) is 7.25.